The first-order valence-corrected chi connectivity index (χ1v) is 5.99. The minimum atomic E-state index is -0.0313. The van der Waals surface area contributed by atoms with Gasteiger partial charge in [0.2, 0.25) is 0 Å². The summed E-state index contributed by atoms with van der Waals surface area (Å²) in [5.41, 5.74) is 0. The van der Waals surface area contributed by atoms with Gasteiger partial charge < -0.3 is 5.11 Å². The van der Waals surface area contributed by atoms with E-state index < -0.39 is 0 Å². The Kier molecular flexibility index (Phi) is 10.0. The Morgan fingerprint density at radius 3 is 2.00 bits per heavy atom. The maximum absolute atomic E-state index is 9.45. The van der Waals surface area contributed by atoms with Crippen LogP contribution in [0.1, 0.15) is 71.6 Å². The number of aliphatic hydroxyl groups excluding tert-OH is 1. The molecule has 0 saturated heterocycles. The van der Waals surface area contributed by atoms with Gasteiger partial charge in [0.1, 0.15) is 0 Å². The summed E-state index contributed by atoms with van der Waals surface area (Å²) in [4.78, 5) is 0. The van der Waals surface area contributed by atoms with Crippen molar-refractivity contribution in [2.45, 2.75) is 77.7 Å². The molecule has 0 bridgehead atoms. The van der Waals surface area contributed by atoms with E-state index in [9.17, 15) is 5.11 Å². The van der Waals surface area contributed by atoms with E-state index in [0.717, 1.165) is 19.3 Å². The van der Waals surface area contributed by atoms with Crippen molar-refractivity contribution >= 4 is 0 Å². The number of aliphatic hydroxyl groups is 1. The van der Waals surface area contributed by atoms with Gasteiger partial charge in [-0.15, -0.1) is 0 Å². The lowest BCUT2D eigenvalue weighted by Crippen LogP contribution is -2.04. The second-order valence-corrected chi connectivity index (χ2v) is 4.00. The molecule has 0 aliphatic carbocycles. The van der Waals surface area contributed by atoms with Gasteiger partial charge in [0.25, 0.3) is 0 Å². The maximum atomic E-state index is 9.45. The standard InChI is InChI=1S/C12H26O/c1-3-5-6-7-8-9-11-12(13)10-4-2/h12-13H,3-11H2,1-2H3/t12-/m0/s1. The van der Waals surface area contributed by atoms with Crippen LogP contribution in [0.25, 0.3) is 0 Å². The van der Waals surface area contributed by atoms with Crippen molar-refractivity contribution in [3.8, 4) is 0 Å². The zero-order chi connectivity index (χ0) is 9.94. The molecule has 80 valence electrons. The Labute approximate surface area is 83.5 Å². The van der Waals surface area contributed by atoms with Crippen LogP contribution in [0, 0.1) is 0 Å². The van der Waals surface area contributed by atoms with Crippen LogP contribution in [0.3, 0.4) is 0 Å². The summed E-state index contributed by atoms with van der Waals surface area (Å²) >= 11 is 0. The van der Waals surface area contributed by atoms with Gasteiger partial charge in [-0.3, -0.25) is 0 Å². The molecule has 1 heteroatoms. The molecule has 1 nitrogen and oxygen atoms in total. The average Bonchev–Trinajstić information content (AvgIpc) is 2.11. The van der Waals surface area contributed by atoms with Crippen molar-refractivity contribution in [1.82, 2.24) is 0 Å². The Bertz CT molecular complexity index is 91.1. The predicted octanol–water partition coefficient (Wildman–Crippen LogP) is 3.90. The topological polar surface area (TPSA) is 20.2 Å². The monoisotopic (exact) mass is 186 g/mol. The summed E-state index contributed by atoms with van der Waals surface area (Å²) in [6, 6.07) is 0. The van der Waals surface area contributed by atoms with E-state index in [1.54, 1.807) is 0 Å². The molecule has 0 saturated carbocycles. The lowest BCUT2D eigenvalue weighted by molar-refractivity contribution is 0.150. The molecule has 0 aromatic heterocycles. The minimum absolute atomic E-state index is 0.0313. The lowest BCUT2D eigenvalue weighted by atomic mass is 10.0. The SMILES string of the molecule is CCCCCCCC[C@@H](O)CCC. The van der Waals surface area contributed by atoms with Gasteiger partial charge in [-0.25, -0.2) is 0 Å². The van der Waals surface area contributed by atoms with Crippen molar-refractivity contribution < 1.29 is 5.11 Å². The molecule has 0 aliphatic heterocycles. The van der Waals surface area contributed by atoms with E-state index in [1.165, 1.54) is 38.5 Å². The minimum Gasteiger partial charge on any atom is -0.393 e. The van der Waals surface area contributed by atoms with Gasteiger partial charge in [0.15, 0.2) is 0 Å². The normalized spacial score (nSPS) is 13.2. The summed E-state index contributed by atoms with van der Waals surface area (Å²) in [5.74, 6) is 0. The van der Waals surface area contributed by atoms with Crippen LogP contribution in [-0.2, 0) is 0 Å². The van der Waals surface area contributed by atoms with E-state index in [0.29, 0.717) is 0 Å². The molecule has 0 fully saturated rings. The fourth-order valence-electron chi connectivity index (χ4n) is 1.64. The second-order valence-electron chi connectivity index (χ2n) is 4.00. The maximum Gasteiger partial charge on any atom is 0.0540 e. The number of hydrogen-bond acceptors (Lipinski definition) is 1. The Balaban J connectivity index is 2.97. The quantitative estimate of drug-likeness (QED) is 0.541. The third-order valence-corrected chi connectivity index (χ3v) is 2.51. The third kappa shape index (κ3) is 9.88. The molecule has 0 rings (SSSR count). The summed E-state index contributed by atoms with van der Waals surface area (Å²) in [6.45, 7) is 4.37. The van der Waals surface area contributed by atoms with Crippen molar-refractivity contribution in [1.29, 1.82) is 0 Å². The molecule has 0 radical (unpaired) electrons. The highest BCUT2D eigenvalue weighted by atomic mass is 16.3. The van der Waals surface area contributed by atoms with Crippen molar-refractivity contribution in [2.75, 3.05) is 0 Å². The van der Waals surface area contributed by atoms with Crippen LogP contribution < -0.4 is 0 Å². The molecular weight excluding hydrogens is 160 g/mol. The van der Waals surface area contributed by atoms with Crippen LogP contribution >= 0.6 is 0 Å². The van der Waals surface area contributed by atoms with Gasteiger partial charge in [-0.05, 0) is 12.8 Å². The zero-order valence-corrected chi connectivity index (χ0v) is 9.39. The van der Waals surface area contributed by atoms with E-state index >= 15 is 0 Å². The Hall–Kier alpha value is -0.0400. The molecule has 0 unspecified atom stereocenters. The summed E-state index contributed by atoms with van der Waals surface area (Å²) in [5, 5.41) is 9.45. The Morgan fingerprint density at radius 1 is 0.769 bits per heavy atom. The molecule has 0 aliphatic rings. The highest BCUT2D eigenvalue weighted by molar-refractivity contribution is 4.54. The van der Waals surface area contributed by atoms with Crippen LogP contribution in [0.4, 0.5) is 0 Å². The second kappa shape index (κ2) is 10.0. The van der Waals surface area contributed by atoms with Crippen LogP contribution in [0.5, 0.6) is 0 Å². The van der Waals surface area contributed by atoms with Gasteiger partial charge >= 0.3 is 0 Å². The fourth-order valence-corrected chi connectivity index (χ4v) is 1.64. The third-order valence-electron chi connectivity index (χ3n) is 2.51. The molecular formula is C12H26O. The predicted molar refractivity (Wildman–Crippen MR) is 58.9 cm³/mol. The summed E-state index contributed by atoms with van der Waals surface area (Å²) < 4.78 is 0. The summed E-state index contributed by atoms with van der Waals surface area (Å²) in [7, 11) is 0. The smallest absolute Gasteiger partial charge is 0.0540 e. The molecule has 0 aromatic carbocycles. The molecule has 1 N–H and O–H groups in total. The van der Waals surface area contributed by atoms with E-state index in [4.69, 9.17) is 0 Å². The first-order chi connectivity index (χ1) is 6.31. The highest BCUT2D eigenvalue weighted by Crippen LogP contribution is 2.10. The summed E-state index contributed by atoms with van der Waals surface area (Å²) in [6.07, 6.45) is 11.0. The first-order valence-electron chi connectivity index (χ1n) is 5.99. The van der Waals surface area contributed by atoms with Gasteiger partial charge in [0, 0.05) is 0 Å². The molecule has 0 spiro atoms. The number of unbranched alkanes of at least 4 members (excludes halogenated alkanes) is 5. The highest BCUT2D eigenvalue weighted by Gasteiger charge is 2.01. The molecule has 0 aromatic rings. The molecule has 0 amide bonds. The largest absolute Gasteiger partial charge is 0.393 e. The number of hydrogen-bond donors (Lipinski definition) is 1. The van der Waals surface area contributed by atoms with E-state index in [2.05, 4.69) is 13.8 Å². The molecule has 13 heavy (non-hydrogen) atoms. The molecule has 0 heterocycles. The van der Waals surface area contributed by atoms with Crippen LogP contribution in [-0.4, -0.2) is 11.2 Å². The lowest BCUT2D eigenvalue weighted by Gasteiger charge is -2.08. The van der Waals surface area contributed by atoms with Gasteiger partial charge in [-0.1, -0.05) is 58.8 Å². The zero-order valence-electron chi connectivity index (χ0n) is 9.39. The average molecular weight is 186 g/mol. The van der Waals surface area contributed by atoms with Gasteiger partial charge in [0.05, 0.1) is 6.10 Å². The van der Waals surface area contributed by atoms with Gasteiger partial charge in [-0.2, -0.15) is 0 Å². The Morgan fingerprint density at radius 2 is 1.38 bits per heavy atom. The van der Waals surface area contributed by atoms with Crippen molar-refractivity contribution in [2.24, 2.45) is 0 Å². The van der Waals surface area contributed by atoms with Crippen LogP contribution in [0.2, 0.25) is 0 Å². The van der Waals surface area contributed by atoms with Crippen molar-refractivity contribution in [3.05, 3.63) is 0 Å². The van der Waals surface area contributed by atoms with Crippen LogP contribution in [0.15, 0.2) is 0 Å². The van der Waals surface area contributed by atoms with E-state index in [1.807, 2.05) is 0 Å². The van der Waals surface area contributed by atoms with E-state index in [-0.39, 0.29) is 6.10 Å². The first kappa shape index (κ1) is 13.0. The van der Waals surface area contributed by atoms with Crippen molar-refractivity contribution in [3.63, 3.8) is 0 Å². The molecule has 1 atom stereocenters. The number of rotatable bonds is 9. The fraction of sp³-hybridized carbons (Fsp3) is 1.00.